The van der Waals surface area contributed by atoms with Gasteiger partial charge in [-0.2, -0.15) is 10.2 Å². The van der Waals surface area contributed by atoms with Crippen molar-refractivity contribution in [3.05, 3.63) is 0 Å². The lowest BCUT2D eigenvalue weighted by Crippen LogP contribution is -2.15. The van der Waals surface area contributed by atoms with E-state index in [0.717, 1.165) is 12.8 Å². The quantitative estimate of drug-likeness (QED) is 0.340. The molecule has 2 nitrogen and oxygen atoms in total. The summed E-state index contributed by atoms with van der Waals surface area (Å²) in [7, 11) is 0. The van der Waals surface area contributed by atoms with Crippen molar-refractivity contribution in [2.24, 2.45) is 10.2 Å². The van der Waals surface area contributed by atoms with Gasteiger partial charge in [0.15, 0.2) is 5.00 Å². The standard InChI is InChI=1S/C9H17ClN2/c1-8(2,3)11-12-9(10)6-4-5-7-9/h4-7H2,1-3H3. The highest BCUT2D eigenvalue weighted by Crippen LogP contribution is 2.37. The van der Waals surface area contributed by atoms with Crippen LogP contribution in [-0.4, -0.2) is 10.5 Å². The summed E-state index contributed by atoms with van der Waals surface area (Å²) in [5.74, 6) is 0. The van der Waals surface area contributed by atoms with E-state index in [1.807, 2.05) is 20.8 Å². The van der Waals surface area contributed by atoms with E-state index >= 15 is 0 Å². The average Bonchev–Trinajstić information content (AvgIpc) is 2.32. The fourth-order valence-corrected chi connectivity index (χ4v) is 1.56. The van der Waals surface area contributed by atoms with Crippen LogP contribution < -0.4 is 0 Å². The molecule has 1 rings (SSSR count). The summed E-state index contributed by atoms with van der Waals surface area (Å²) in [4.78, 5) is -0.368. The van der Waals surface area contributed by atoms with Gasteiger partial charge in [-0.25, -0.2) is 0 Å². The first kappa shape index (κ1) is 9.97. The van der Waals surface area contributed by atoms with Gasteiger partial charge in [0.1, 0.15) is 0 Å². The second-order valence-corrected chi connectivity index (χ2v) is 5.20. The van der Waals surface area contributed by atoms with Crippen LogP contribution in [0.5, 0.6) is 0 Å². The second-order valence-electron chi connectivity index (χ2n) is 4.50. The molecule has 12 heavy (non-hydrogen) atoms. The molecule has 0 spiro atoms. The lowest BCUT2D eigenvalue weighted by Gasteiger charge is -2.16. The van der Waals surface area contributed by atoms with E-state index in [9.17, 15) is 0 Å². The van der Waals surface area contributed by atoms with Gasteiger partial charge in [0.25, 0.3) is 0 Å². The predicted molar refractivity (Wildman–Crippen MR) is 51.7 cm³/mol. The smallest absolute Gasteiger partial charge is 0.154 e. The van der Waals surface area contributed by atoms with Gasteiger partial charge in [-0.3, -0.25) is 0 Å². The molecule has 70 valence electrons. The third-order valence-corrected chi connectivity index (χ3v) is 2.35. The minimum atomic E-state index is -0.368. The van der Waals surface area contributed by atoms with Crippen LogP contribution >= 0.6 is 11.6 Å². The first-order valence-electron chi connectivity index (χ1n) is 4.54. The van der Waals surface area contributed by atoms with Crippen LogP contribution in [0.3, 0.4) is 0 Å². The molecule has 0 bridgehead atoms. The molecular formula is C9H17ClN2. The molecule has 3 heteroatoms. The Balaban J connectivity index is 2.54. The molecule has 1 aliphatic carbocycles. The maximum Gasteiger partial charge on any atom is 0.154 e. The average molecular weight is 189 g/mol. The van der Waals surface area contributed by atoms with Crippen molar-refractivity contribution in [3.63, 3.8) is 0 Å². The Bertz CT molecular complexity index is 175. The molecule has 0 unspecified atom stereocenters. The fourth-order valence-electron chi connectivity index (χ4n) is 1.26. The zero-order valence-corrected chi connectivity index (χ0v) is 8.86. The number of alkyl halides is 1. The molecule has 0 aromatic rings. The Kier molecular flexibility index (Phi) is 2.77. The van der Waals surface area contributed by atoms with Gasteiger partial charge in [0, 0.05) is 0 Å². The van der Waals surface area contributed by atoms with E-state index in [0.29, 0.717) is 0 Å². The number of nitrogens with zero attached hydrogens (tertiary/aromatic N) is 2. The number of halogens is 1. The number of hydrogen-bond acceptors (Lipinski definition) is 2. The zero-order chi connectivity index (χ0) is 9.24. The number of rotatable bonds is 1. The third kappa shape index (κ3) is 3.10. The van der Waals surface area contributed by atoms with Crippen molar-refractivity contribution >= 4 is 11.6 Å². The van der Waals surface area contributed by atoms with Crippen molar-refractivity contribution < 1.29 is 0 Å². The number of azo groups is 1. The minimum absolute atomic E-state index is 0.0928. The van der Waals surface area contributed by atoms with Crippen LogP contribution in [-0.2, 0) is 0 Å². The van der Waals surface area contributed by atoms with E-state index in [4.69, 9.17) is 11.6 Å². The third-order valence-electron chi connectivity index (χ3n) is 1.90. The molecule has 0 aromatic carbocycles. The van der Waals surface area contributed by atoms with Crippen LogP contribution in [0.2, 0.25) is 0 Å². The van der Waals surface area contributed by atoms with Crippen LogP contribution in [0.4, 0.5) is 0 Å². The molecule has 0 aliphatic heterocycles. The highest BCUT2D eigenvalue weighted by Gasteiger charge is 2.31. The van der Waals surface area contributed by atoms with Gasteiger partial charge in [0.2, 0.25) is 0 Å². The van der Waals surface area contributed by atoms with Crippen molar-refractivity contribution in [3.8, 4) is 0 Å². The monoisotopic (exact) mass is 188 g/mol. The van der Waals surface area contributed by atoms with Crippen LogP contribution in [0, 0.1) is 0 Å². The maximum absolute atomic E-state index is 6.22. The summed E-state index contributed by atoms with van der Waals surface area (Å²) >= 11 is 6.22. The lowest BCUT2D eigenvalue weighted by atomic mass is 10.1. The molecule has 0 amide bonds. The molecule has 1 fully saturated rings. The summed E-state index contributed by atoms with van der Waals surface area (Å²) in [5, 5.41) is 8.42. The molecule has 0 heterocycles. The summed E-state index contributed by atoms with van der Waals surface area (Å²) in [6.45, 7) is 6.10. The van der Waals surface area contributed by atoms with Gasteiger partial charge in [-0.15, -0.1) is 0 Å². The summed E-state index contributed by atoms with van der Waals surface area (Å²) in [6.07, 6.45) is 4.33. The van der Waals surface area contributed by atoms with Crippen molar-refractivity contribution in [2.45, 2.75) is 57.0 Å². The summed E-state index contributed by atoms with van der Waals surface area (Å²) in [6, 6.07) is 0. The van der Waals surface area contributed by atoms with E-state index in [2.05, 4.69) is 10.2 Å². The largest absolute Gasteiger partial charge is 0.187 e. The molecular weight excluding hydrogens is 172 g/mol. The van der Waals surface area contributed by atoms with Gasteiger partial charge >= 0.3 is 0 Å². The van der Waals surface area contributed by atoms with E-state index in [-0.39, 0.29) is 10.5 Å². The Hall–Kier alpha value is -0.110. The predicted octanol–water partition coefficient (Wildman–Crippen LogP) is 3.75. The zero-order valence-electron chi connectivity index (χ0n) is 8.10. The van der Waals surface area contributed by atoms with Crippen LogP contribution in [0.15, 0.2) is 10.2 Å². The first-order valence-corrected chi connectivity index (χ1v) is 4.92. The Morgan fingerprint density at radius 1 is 1.17 bits per heavy atom. The SMILES string of the molecule is CC(C)(C)N=NC1(Cl)CCCC1. The normalized spacial score (nSPS) is 23.7. The van der Waals surface area contributed by atoms with E-state index < -0.39 is 0 Å². The van der Waals surface area contributed by atoms with Crippen LogP contribution in [0.25, 0.3) is 0 Å². The highest BCUT2D eigenvalue weighted by atomic mass is 35.5. The molecule has 0 saturated heterocycles. The highest BCUT2D eigenvalue weighted by molar-refractivity contribution is 6.23. The number of hydrogen-bond donors (Lipinski definition) is 0. The topological polar surface area (TPSA) is 24.7 Å². The molecule has 1 saturated carbocycles. The van der Waals surface area contributed by atoms with Crippen molar-refractivity contribution in [1.82, 2.24) is 0 Å². The van der Waals surface area contributed by atoms with Crippen molar-refractivity contribution in [2.75, 3.05) is 0 Å². The Morgan fingerprint density at radius 2 is 1.67 bits per heavy atom. The Labute approximate surface area is 79.4 Å². The van der Waals surface area contributed by atoms with Crippen LogP contribution in [0.1, 0.15) is 46.5 Å². The van der Waals surface area contributed by atoms with E-state index in [1.54, 1.807) is 0 Å². The molecule has 1 aliphatic rings. The van der Waals surface area contributed by atoms with Crippen molar-refractivity contribution in [1.29, 1.82) is 0 Å². The van der Waals surface area contributed by atoms with Gasteiger partial charge in [0.05, 0.1) is 5.54 Å². The molecule has 0 aromatic heterocycles. The fraction of sp³-hybridized carbons (Fsp3) is 1.00. The first-order chi connectivity index (χ1) is 5.41. The molecule has 0 radical (unpaired) electrons. The van der Waals surface area contributed by atoms with E-state index in [1.165, 1.54) is 12.8 Å². The van der Waals surface area contributed by atoms with Gasteiger partial charge in [-0.1, -0.05) is 11.6 Å². The summed E-state index contributed by atoms with van der Waals surface area (Å²) in [5.41, 5.74) is -0.0928. The lowest BCUT2D eigenvalue weighted by molar-refractivity contribution is 0.486. The minimum Gasteiger partial charge on any atom is -0.187 e. The molecule has 0 atom stereocenters. The van der Waals surface area contributed by atoms with Gasteiger partial charge in [-0.05, 0) is 46.5 Å². The maximum atomic E-state index is 6.22. The molecule has 0 N–H and O–H groups in total. The van der Waals surface area contributed by atoms with Gasteiger partial charge < -0.3 is 0 Å². The Morgan fingerprint density at radius 3 is 2.08 bits per heavy atom. The second kappa shape index (κ2) is 3.33. The summed E-state index contributed by atoms with van der Waals surface area (Å²) < 4.78 is 0.